The minimum absolute atomic E-state index is 0.174. The molecule has 0 atom stereocenters. The van der Waals surface area contributed by atoms with Crippen molar-refractivity contribution in [1.29, 1.82) is 0 Å². The molecular weight excluding hydrogens is 404 g/mol. The molecule has 0 amide bonds. The van der Waals surface area contributed by atoms with Crippen molar-refractivity contribution in [2.45, 2.75) is 12.8 Å². The van der Waals surface area contributed by atoms with Gasteiger partial charge in [-0.15, -0.1) is 0 Å². The number of nitrogens with zero attached hydrogens (tertiary/aromatic N) is 4. The lowest BCUT2D eigenvalue weighted by Crippen LogP contribution is -2.37. The van der Waals surface area contributed by atoms with Gasteiger partial charge in [0, 0.05) is 80.9 Å². The Kier molecular flexibility index (Phi) is 10.1. The zero-order valence-electron chi connectivity index (χ0n) is 17.6. The molecular formula is C22H33ClN4O3. The van der Waals surface area contributed by atoms with Crippen LogP contribution >= 0.6 is 11.6 Å². The van der Waals surface area contributed by atoms with Crippen LogP contribution in [0.1, 0.15) is 24.0 Å². The highest BCUT2D eigenvalue weighted by Crippen LogP contribution is 2.25. The first-order valence-corrected chi connectivity index (χ1v) is 11.2. The van der Waals surface area contributed by atoms with Gasteiger partial charge in [-0.25, -0.2) is 0 Å². The third-order valence-electron chi connectivity index (χ3n) is 5.32. The van der Waals surface area contributed by atoms with E-state index in [2.05, 4.69) is 19.8 Å². The molecule has 2 fully saturated rings. The predicted molar refractivity (Wildman–Crippen MR) is 122 cm³/mol. The average Bonchev–Trinajstić information content (AvgIpc) is 2.77. The van der Waals surface area contributed by atoms with Crippen molar-refractivity contribution in [3.05, 3.63) is 28.3 Å². The number of morpholine rings is 2. The van der Waals surface area contributed by atoms with E-state index in [4.69, 9.17) is 21.1 Å². The second-order valence-electron chi connectivity index (χ2n) is 7.62. The van der Waals surface area contributed by atoms with E-state index in [0.29, 0.717) is 29.2 Å². The van der Waals surface area contributed by atoms with Crippen LogP contribution in [0.2, 0.25) is 5.02 Å². The summed E-state index contributed by atoms with van der Waals surface area (Å²) in [7, 11) is 0. The smallest absolute Gasteiger partial charge is 0.133 e. The van der Waals surface area contributed by atoms with E-state index in [-0.39, 0.29) is 5.75 Å². The maximum Gasteiger partial charge on any atom is 0.133 e. The summed E-state index contributed by atoms with van der Waals surface area (Å²) >= 11 is 6.23. The fourth-order valence-electron chi connectivity index (χ4n) is 3.59. The minimum atomic E-state index is 0.174. The van der Waals surface area contributed by atoms with Gasteiger partial charge in [-0.05, 0) is 25.0 Å². The van der Waals surface area contributed by atoms with Crippen LogP contribution in [0.15, 0.2) is 22.1 Å². The molecule has 7 nitrogen and oxygen atoms in total. The van der Waals surface area contributed by atoms with E-state index >= 15 is 0 Å². The number of aliphatic imine (C=N–C) groups is 2. The summed E-state index contributed by atoms with van der Waals surface area (Å²) in [6, 6.07) is 3.47. The van der Waals surface area contributed by atoms with E-state index < -0.39 is 0 Å². The van der Waals surface area contributed by atoms with Crippen LogP contribution in [0.4, 0.5) is 0 Å². The Bertz CT molecular complexity index is 647. The summed E-state index contributed by atoms with van der Waals surface area (Å²) in [5.74, 6) is 0.174. The molecule has 0 aromatic heterocycles. The van der Waals surface area contributed by atoms with Gasteiger partial charge in [0.25, 0.3) is 0 Å². The van der Waals surface area contributed by atoms with Crippen LogP contribution in [0, 0.1) is 0 Å². The normalized spacial score (nSPS) is 19.2. The highest BCUT2D eigenvalue weighted by molar-refractivity contribution is 6.31. The first-order chi connectivity index (χ1) is 14.7. The van der Waals surface area contributed by atoms with Crippen LogP contribution in [0.25, 0.3) is 0 Å². The fourth-order valence-corrected chi connectivity index (χ4v) is 3.82. The van der Waals surface area contributed by atoms with Crippen molar-refractivity contribution in [2.24, 2.45) is 9.98 Å². The van der Waals surface area contributed by atoms with Crippen molar-refractivity contribution < 1.29 is 14.6 Å². The Morgan fingerprint density at radius 2 is 1.27 bits per heavy atom. The third kappa shape index (κ3) is 7.96. The molecule has 2 saturated heterocycles. The molecule has 1 N–H and O–H groups in total. The average molecular weight is 437 g/mol. The van der Waals surface area contributed by atoms with Crippen LogP contribution in [-0.2, 0) is 9.47 Å². The van der Waals surface area contributed by atoms with Gasteiger partial charge >= 0.3 is 0 Å². The number of halogens is 1. The summed E-state index contributed by atoms with van der Waals surface area (Å²) in [5.41, 5.74) is 1.26. The first kappa shape index (κ1) is 23.2. The van der Waals surface area contributed by atoms with Gasteiger partial charge in [-0.3, -0.25) is 19.8 Å². The van der Waals surface area contributed by atoms with Crippen molar-refractivity contribution in [3.63, 3.8) is 0 Å². The monoisotopic (exact) mass is 436 g/mol. The molecule has 3 rings (SSSR count). The van der Waals surface area contributed by atoms with Crippen LogP contribution in [-0.4, -0.2) is 106 Å². The molecule has 0 spiro atoms. The molecule has 30 heavy (non-hydrogen) atoms. The Morgan fingerprint density at radius 1 is 0.833 bits per heavy atom. The lowest BCUT2D eigenvalue weighted by Gasteiger charge is -2.26. The molecule has 1 aromatic carbocycles. The topological polar surface area (TPSA) is 69.9 Å². The molecule has 0 saturated carbocycles. The summed E-state index contributed by atoms with van der Waals surface area (Å²) in [6.07, 6.45) is 5.37. The SMILES string of the molecule is Oc1c(C=NCCCN2CCOCC2)cc(Cl)cc1C=NCCCN1CCOCC1. The molecule has 0 unspecified atom stereocenters. The quantitative estimate of drug-likeness (QED) is 0.450. The van der Waals surface area contributed by atoms with Crippen molar-refractivity contribution in [2.75, 3.05) is 78.8 Å². The van der Waals surface area contributed by atoms with E-state index in [1.807, 2.05) is 0 Å². The minimum Gasteiger partial charge on any atom is -0.507 e. The number of aromatic hydroxyl groups is 1. The van der Waals surface area contributed by atoms with E-state index in [1.54, 1.807) is 24.6 Å². The second kappa shape index (κ2) is 13.0. The lowest BCUT2D eigenvalue weighted by molar-refractivity contribution is 0.0377. The number of ether oxygens (including phenoxy) is 2. The summed E-state index contributed by atoms with van der Waals surface area (Å²) in [4.78, 5) is 13.7. The number of phenols is 1. The predicted octanol–water partition coefficient (Wildman–Crippen LogP) is 2.33. The zero-order valence-corrected chi connectivity index (χ0v) is 18.4. The molecule has 8 heteroatoms. The molecule has 166 valence electrons. The van der Waals surface area contributed by atoms with Crippen molar-refractivity contribution in [3.8, 4) is 5.75 Å². The molecule has 2 aliphatic heterocycles. The van der Waals surface area contributed by atoms with Gasteiger partial charge in [-0.2, -0.15) is 0 Å². The van der Waals surface area contributed by atoms with E-state index in [9.17, 15) is 5.11 Å². The number of hydrogen-bond donors (Lipinski definition) is 1. The Balaban J connectivity index is 1.43. The zero-order chi connectivity index (χ0) is 21.0. The van der Waals surface area contributed by atoms with E-state index in [0.717, 1.165) is 78.5 Å². The molecule has 0 bridgehead atoms. The number of hydrogen-bond acceptors (Lipinski definition) is 7. The molecule has 1 aromatic rings. The Labute approximate surface area is 184 Å². The van der Waals surface area contributed by atoms with Gasteiger partial charge < -0.3 is 14.6 Å². The van der Waals surface area contributed by atoms with Crippen LogP contribution in [0.5, 0.6) is 5.75 Å². The van der Waals surface area contributed by atoms with E-state index in [1.165, 1.54) is 0 Å². The van der Waals surface area contributed by atoms with Gasteiger partial charge in [-0.1, -0.05) is 11.6 Å². The Morgan fingerprint density at radius 3 is 1.70 bits per heavy atom. The van der Waals surface area contributed by atoms with Crippen molar-refractivity contribution in [1.82, 2.24) is 9.80 Å². The first-order valence-electron chi connectivity index (χ1n) is 10.8. The summed E-state index contributed by atoms with van der Waals surface area (Å²) in [6.45, 7) is 10.7. The van der Waals surface area contributed by atoms with Crippen molar-refractivity contribution >= 4 is 24.0 Å². The molecule has 2 heterocycles. The second-order valence-corrected chi connectivity index (χ2v) is 8.05. The molecule has 0 radical (unpaired) electrons. The largest absolute Gasteiger partial charge is 0.507 e. The standard InChI is InChI=1S/C22H33ClN4O3/c23-21-15-19(17-24-3-1-5-26-7-11-29-12-8-26)22(28)20(16-21)18-25-4-2-6-27-9-13-30-14-10-27/h15-18,28H,1-14H2. The summed E-state index contributed by atoms with van der Waals surface area (Å²) < 4.78 is 10.7. The number of phenolic OH excluding ortho intramolecular Hbond substituents is 1. The maximum absolute atomic E-state index is 10.5. The Hall–Kier alpha value is -1.51. The lowest BCUT2D eigenvalue weighted by atomic mass is 10.1. The molecule has 2 aliphatic rings. The summed E-state index contributed by atoms with van der Waals surface area (Å²) in [5, 5.41) is 11.1. The maximum atomic E-state index is 10.5. The number of benzene rings is 1. The van der Waals surface area contributed by atoms with Crippen LogP contribution < -0.4 is 0 Å². The highest BCUT2D eigenvalue weighted by Gasteiger charge is 2.10. The van der Waals surface area contributed by atoms with Gasteiger partial charge in [0.05, 0.1) is 26.4 Å². The van der Waals surface area contributed by atoms with Gasteiger partial charge in [0.2, 0.25) is 0 Å². The highest BCUT2D eigenvalue weighted by atomic mass is 35.5. The van der Waals surface area contributed by atoms with Gasteiger partial charge in [0.15, 0.2) is 0 Å². The van der Waals surface area contributed by atoms with Crippen LogP contribution in [0.3, 0.4) is 0 Å². The third-order valence-corrected chi connectivity index (χ3v) is 5.54. The molecule has 0 aliphatic carbocycles. The van der Waals surface area contributed by atoms with Gasteiger partial charge in [0.1, 0.15) is 5.75 Å². The fraction of sp³-hybridized carbons (Fsp3) is 0.636. The number of rotatable bonds is 10.